The van der Waals surface area contributed by atoms with Crippen molar-refractivity contribution in [3.63, 3.8) is 0 Å². The Balaban J connectivity index is 1.16. The number of ether oxygens (including phenoxy) is 2. The van der Waals surface area contributed by atoms with Crippen LogP contribution in [0.4, 0.5) is 0 Å². The van der Waals surface area contributed by atoms with Crippen LogP contribution >= 0.6 is 11.8 Å². The molecule has 1 aromatic rings. The van der Waals surface area contributed by atoms with Crippen molar-refractivity contribution in [3.05, 3.63) is 29.8 Å². The summed E-state index contributed by atoms with van der Waals surface area (Å²) in [5, 5.41) is 3.41. The van der Waals surface area contributed by atoms with Crippen molar-refractivity contribution in [1.82, 2.24) is 5.32 Å². The number of thioether (sulfide) groups is 1. The summed E-state index contributed by atoms with van der Waals surface area (Å²) in [6.07, 6.45) is 9.54. The molecular weight excluding hydrogens is 398 g/mol. The van der Waals surface area contributed by atoms with Gasteiger partial charge in [0.1, 0.15) is 6.61 Å². The molecule has 6 heteroatoms. The van der Waals surface area contributed by atoms with E-state index < -0.39 is 0 Å². The smallest absolute Gasteiger partial charge is 0.339 e. The van der Waals surface area contributed by atoms with Crippen molar-refractivity contribution in [2.75, 3.05) is 19.0 Å². The highest BCUT2D eigenvalue weighted by atomic mass is 32.2. The van der Waals surface area contributed by atoms with Crippen molar-refractivity contribution in [3.8, 4) is 0 Å². The van der Waals surface area contributed by atoms with E-state index in [1.165, 1.54) is 31.0 Å². The normalized spacial score (nSPS) is 34.1. The Labute approximate surface area is 182 Å². The zero-order valence-corrected chi connectivity index (χ0v) is 18.3. The van der Waals surface area contributed by atoms with Gasteiger partial charge in [0.15, 0.2) is 0 Å². The molecule has 6 rings (SSSR count). The van der Waals surface area contributed by atoms with E-state index in [-0.39, 0.29) is 23.5 Å². The number of hydrogen-bond acceptors (Lipinski definition) is 5. The second-order valence-electron chi connectivity index (χ2n) is 9.76. The maximum Gasteiger partial charge on any atom is 0.339 e. The lowest BCUT2D eigenvalue weighted by Crippen LogP contribution is -2.60. The van der Waals surface area contributed by atoms with Gasteiger partial charge >= 0.3 is 5.97 Å². The number of nitrogens with one attached hydrogen (secondary N) is 1. The summed E-state index contributed by atoms with van der Waals surface area (Å²) in [6, 6.07) is 7.40. The zero-order chi connectivity index (χ0) is 20.6. The average Bonchev–Trinajstić information content (AvgIpc) is 3.23. The Morgan fingerprint density at radius 1 is 1.10 bits per heavy atom. The van der Waals surface area contributed by atoms with Crippen LogP contribution in [0.5, 0.6) is 0 Å². The van der Waals surface area contributed by atoms with Gasteiger partial charge in [-0.25, -0.2) is 4.79 Å². The van der Waals surface area contributed by atoms with E-state index in [9.17, 15) is 9.59 Å². The average molecular weight is 430 g/mol. The van der Waals surface area contributed by atoms with Crippen LogP contribution in [-0.4, -0.2) is 42.5 Å². The first-order valence-electron chi connectivity index (χ1n) is 11.4. The van der Waals surface area contributed by atoms with Crippen LogP contribution in [-0.2, 0) is 14.3 Å². The summed E-state index contributed by atoms with van der Waals surface area (Å²) in [5.41, 5.74) is 0.565. The number of hydrogen-bond donors (Lipinski definition) is 1. The van der Waals surface area contributed by atoms with Gasteiger partial charge < -0.3 is 14.8 Å². The molecule has 1 aromatic carbocycles. The third kappa shape index (κ3) is 4.40. The quantitative estimate of drug-likeness (QED) is 0.520. The standard InChI is InChI=1S/C24H31NO4S/c26-22(25-24-11-16-8-17(12-24)10-18(9-16)13-24)15-30-21-6-2-1-5-20(21)23(27)29-14-19-4-3-7-28-19/h1-2,5-6,16-19H,3-4,7-15H2,(H,25,26). The second-order valence-corrected chi connectivity index (χ2v) is 10.8. The van der Waals surface area contributed by atoms with Crippen LogP contribution < -0.4 is 5.32 Å². The molecule has 4 aliphatic carbocycles. The first-order chi connectivity index (χ1) is 14.6. The Bertz CT molecular complexity index is 769. The zero-order valence-electron chi connectivity index (χ0n) is 17.4. The minimum Gasteiger partial charge on any atom is -0.459 e. The van der Waals surface area contributed by atoms with E-state index in [2.05, 4.69) is 5.32 Å². The van der Waals surface area contributed by atoms with Crippen LogP contribution in [0.3, 0.4) is 0 Å². The minimum absolute atomic E-state index is 0.0137. The van der Waals surface area contributed by atoms with Gasteiger partial charge in [-0.05, 0) is 81.3 Å². The number of esters is 1. The summed E-state index contributed by atoms with van der Waals surface area (Å²) in [7, 11) is 0. The third-order valence-corrected chi connectivity index (χ3v) is 8.41. The number of rotatable bonds is 7. The molecule has 4 bridgehead atoms. The molecule has 1 amide bonds. The number of carbonyl (C=O) groups excluding carboxylic acids is 2. The Hall–Kier alpha value is -1.53. The first-order valence-corrected chi connectivity index (χ1v) is 12.4. The summed E-state index contributed by atoms with van der Waals surface area (Å²) in [5.74, 6) is 2.51. The lowest BCUT2D eigenvalue weighted by molar-refractivity contribution is -0.124. The molecule has 5 aliphatic rings. The van der Waals surface area contributed by atoms with E-state index in [0.29, 0.717) is 17.9 Å². The fourth-order valence-corrected chi connectivity index (χ4v) is 7.36. The molecule has 5 fully saturated rings. The molecule has 1 atom stereocenters. The van der Waals surface area contributed by atoms with Gasteiger partial charge in [-0.3, -0.25) is 4.79 Å². The van der Waals surface area contributed by atoms with Gasteiger partial charge in [0.2, 0.25) is 5.91 Å². The molecule has 0 spiro atoms. The van der Waals surface area contributed by atoms with Crippen LogP contribution in [0.15, 0.2) is 29.2 Å². The van der Waals surface area contributed by atoms with Crippen LogP contribution in [0.2, 0.25) is 0 Å². The van der Waals surface area contributed by atoms with Gasteiger partial charge in [-0.1, -0.05) is 12.1 Å². The summed E-state index contributed by atoms with van der Waals surface area (Å²) >= 11 is 1.43. The van der Waals surface area contributed by atoms with E-state index in [0.717, 1.165) is 61.4 Å². The predicted molar refractivity (Wildman–Crippen MR) is 115 cm³/mol. The monoisotopic (exact) mass is 429 g/mol. The maximum absolute atomic E-state index is 12.8. The van der Waals surface area contributed by atoms with Crippen molar-refractivity contribution in [2.24, 2.45) is 17.8 Å². The van der Waals surface area contributed by atoms with E-state index in [1.807, 2.05) is 18.2 Å². The maximum atomic E-state index is 12.8. The van der Waals surface area contributed by atoms with Crippen LogP contribution in [0, 0.1) is 17.8 Å². The highest BCUT2D eigenvalue weighted by Crippen LogP contribution is 2.55. The molecule has 1 saturated heterocycles. The van der Waals surface area contributed by atoms with Crippen molar-refractivity contribution < 1.29 is 19.1 Å². The van der Waals surface area contributed by atoms with Gasteiger partial charge in [0.25, 0.3) is 0 Å². The van der Waals surface area contributed by atoms with Crippen LogP contribution in [0.25, 0.3) is 0 Å². The van der Waals surface area contributed by atoms with E-state index in [1.54, 1.807) is 6.07 Å². The molecule has 4 saturated carbocycles. The van der Waals surface area contributed by atoms with Crippen LogP contribution in [0.1, 0.15) is 61.7 Å². The third-order valence-electron chi connectivity index (χ3n) is 7.33. The Kier molecular flexibility index (Phi) is 5.80. The largest absolute Gasteiger partial charge is 0.459 e. The number of amides is 1. The number of benzene rings is 1. The summed E-state index contributed by atoms with van der Waals surface area (Å²) in [4.78, 5) is 26.2. The van der Waals surface area contributed by atoms with Gasteiger partial charge in [0.05, 0.1) is 17.4 Å². The molecule has 1 N–H and O–H groups in total. The topological polar surface area (TPSA) is 64.6 Å². The molecule has 1 unspecified atom stereocenters. The van der Waals surface area contributed by atoms with Gasteiger partial charge in [0, 0.05) is 17.0 Å². The first kappa shape index (κ1) is 20.4. The lowest BCUT2D eigenvalue weighted by atomic mass is 9.53. The molecule has 162 valence electrons. The van der Waals surface area contributed by atoms with Gasteiger partial charge in [-0.2, -0.15) is 0 Å². The van der Waals surface area contributed by atoms with E-state index in [4.69, 9.17) is 9.47 Å². The Morgan fingerprint density at radius 3 is 2.47 bits per heavy atom. The Morgan fingerprint density at radius 2 is 1.80 bits per heavy atom. The molecule has 1 heterocycles. The highest BCUT2D eigenvalue weighted by molar-refractivity contribution is 8.00. The molecule has 0 aromatic heterocycles. The predicted octanol–water partition coefficient (Wildman–Crippen LogP) is 4.20. The molecule has 30 heavy (non-hydrogen) atoms. The van der Waals surface area contributed by atoms with Crippen molar-refractivity contribution in [2.45, 2.75) is 67.9 Å². The molecule has 5 nitrogen and oxygen atoms in total. The second kappa shape index (κ2) is 8.54. The van der Waals surface area contributed by atoms with E-state index >= 15 is 0 Å². The van der Waals surface area contributed by atoms with Crippen molar-refractivity contribution in [1.29, 1.82) is 0 Å². The fraction of sp³-hybridized carbons (Fsp3) is 0.667. The molecular formula is C24H31NO4S. The molecule has 0 radical (unpaired) electrons. The number of carbonyl (C=O) groups is 2. The summed E-state index contributed by atoms with van der Waals surface area (Å²) < 4.78 is 11.0. The summed E-state index contributed by atoms with van der Waals surface area (Å²) in [6.45, 7) is 1.04. The molecule has 1 aliphatic heterocycles. The SMILES string of the molecule is O=C(CSc1ccccc1C(=O)OCC1CCCO1)NC12CC3CC(CC(C3)C1)C2. The lowest BCUT2D eigenvalue weighted by Gasteiger charge is -2.56. The van der Waals surface area contributed by atoms with Crippen molar-refractivity contribution >= 4 is 23.6 Å². The minimum atomic E-state index is -0.338. The highest BCUT2D eigenvalue weighted by Gasteiger charge is 2.51. The fourth-order valence-electron chi connectivity index (χ4n) is 6.52. The van der Waals surface area contributed by atoms with Gasteiger partial charge in [-0.15, -0.1) is 11.8 Å².